The van der Waals surface area contributed by atoms with E-state index in [-0.39, 0.29) is 5.56 Å². The van der Waals surface area contributed by atoms with E-state index in [1.54, 1.807) is 6.07 Å². The van der Waals surface area contributed by atoms with Gasteiger partial charge in [0, 0.05) is 4.90 Å². The van der Waals surface area contributed by atoms with Gasteiger partial charge < -0.3 is 5.73 Å². The molecular weight excluding hydrogens is 199 g/mol. The number of thiol groups is 1. The molecule has 0 spiro atoms. The summed E-state index contributed by atoms with van der Waals surface area (Å²) in [7, 11) is 0. The van der Waals surface area contributed by atoms with Crippen molar-refractivity contribution in [2.24, 2.45) is 5.73 Å². The molecule has 0 saturated heterocycles. The molecule has 0 aromatic heterocycles. The van der Waals surface area contributed by atoms with E-state index in [1.165, 1.54) is 18.2 Å². The molecule has 1 rings (SSSR count). The Morgan fingerprint density at radius 2 is 1.92 bits per heavy atom. The lowest BCUT2D eigenvalue weighted by Gasteiger charge is -2.15. The highest BCUT2D eigenvalue weighted by molar-refractivity contribution is 7.80. The number of nitrogens with two attached hydrogens (primary N) is 1. The molecule has 0 heterocycles. The fourth-order valence-corrected chi connectivity index (χ4v) is 1.14. The van der Waals surface area contributed by atoms with Crippen LogP contribution in [-0.4, -0.2) is 6.18 Å². The number of hydrogen-bond acceptors (Lipinski definition) is 2. The minimum absolute atomic E-state index is 0.0278. The van der Waals surface area contributed by atoms with Crippen LogP contribution in [0.25, 0.3) is 0 Å². The molecule has 0 fully saturated rings. The van der Waals surface area contributed by atoms with Crippen molar-refractivity contribution in [2.45, 2.75) is 17.1 Å². The maximum absolute atomic E-state index is 12.1. The van der Waals surface area contributed by atoms with E-state index in [9.17, 15) is 13.2 Å². The monoisotopic (exact) mass is 207 g/mol. The van der Waals surface area contributed by atoms with Gasteiger partial charge in [-0.25, -0.2) is 0 Å². The normalized spacial score (nSPS) is 14.2. The summed E-state index contributed by atoms with van der Waals surface area (Å²) in [5.74, 6) is 0. The van der Waals surface area contributed by atoms with Gasteiger partial charge in [0.2, 0.25) is 0 Å². The van der Waals surface area contributed by atoms with E-state index < -0.39 is 12.2 Å². The predicted octanol–water partition coefficient (Wildman–Crippen LogP) is 2.54. The molecule has 0 aliphatic carbocycles. The average Bonchev–Trinajstić information content (AvgIpc) is 2.01. The number of rotatable bonds is 1. The van der Waals surface area contributed by atoms with Gasteiger partial charge in [-0.1, -0.05) is 12.1 Å². The fourth-order valence-electron chi connectivity index (χ4n) is 0.907. The van der Waals surface area contributed by atoms with Crippen molar-refractivity contribution in [3.8, 4) is 0 Å². The minimum atomic E-state index is -4.40. The van der Waals surface area contributed by atoms with Crippen LogP contribution in [0.15, 0.2) is 29.2 Å². The second-order valence-electron chi connectivity index (χ2n) is 2.61. The van der Waals surface area contributed by atoms with E-state index in [1.807, 2.05) is 0 Å². The summed E-state index contributed by atoms with van der Waals surface area (Å²) in [5, 5.41) is 0. The first kappa shape index (κ1) is 10.4. The van der Waals surface area contributed by atoms with Crippen molar-refractivity contribution in [3.63, 3.8) is 0 Å². The number of alkyl halides is 3. The summed E-state index contributed by atoms with van der Waals surface area (Å²) in [5.41, 5.74) is 5.01. The van der Waals surface area contributed by atoms with Gasteiger partial charge in [-0.2, -0.15) is 13.2 Å². The van der Waals surface area contributed by atoms with Crippen LogP contribution in [0, 0.1) is 0 Å². The molecule has 1 atom stereocenters. The third-order valence-electron chi connectivity index (χ3n) is 1.58. The summed E-state index contributed by atoms with van der Waals surface area (Å²) in [4.78, 5) is 0.470. The molecule has 0 bridgehead atoms. The van der Waals surface area contributed by atoms with Crippen molar-refractivity contribution in [2.75, 3.05) is 0 Å². The molecule has 13 heavy (non-hydrogen) atoms. The van der Waals surface area contributed by atoms with E-state index in [0.29, 0.717) is 4.90 Å². The third-order valence-corrected chi connectivity index (χ3v) is 1.86. The molecule has 1 aromatic rings. The van der Waals surface area contributed by atoms with Gasteiger partial charge in [0.15, 0.2) is 0 Å². The first-order chi connectivity index (χ1) is 5.91. The zero-order chi connectivity index (χ0) is 10.1. The molecule has 72 valence electrons. The van der Waals surface area contributed by atoms with Crippen LogP contribution >= 0.6 is 12.6 Å². The highest BCUT2D eigenvalue weighted by atomic mass is 32.1. The highest BCUT2D eigenvalue weighted by Crippen LogP contribution is 2.30. The van der Waals surface area contributed by atoms with Gasteiger partial charge in [-0.3, -0.25) is 0 Å². The van der Waals surface area contributed by atoms with Crippen LogP contribution in [0.1, 0.15) is 11.6 Å². The smallest absolute Gasteiger partial charge is 0.316 e. The van der Waals surface area contributed by atoms with Crippen molar-refractivity contribution < 1.29 is 13.2 Å². The average molecular weight is 207 g/mol. The fraction of sp³-hybridized carbons (Fsp3) is 0.250. The predicted molar refractivity (Wildman–Crippen MR) is 46.7 cm³/mol. The minimum Gasteiger partial charge on any atom is -0.316 e. The lowest BCUT2D eigenvalue weighted by atomic mass is 10.1. The van der Waals surface area contributed by atoms with E-state index in [4.69, 9.17) is 5.73 Å². The van der Waals surface area contributed by atoms with Crippen LogP contribution in [0.4, 0.5) is 13.2 Å². The summed E-state index contributed by atoms with van der Waals surface area (Å²) < 4.78 is 36.3. The molecule has 0 aliphatic heterocycles. The molecular formula is C8H8F3NS. The zero-order valence-corrected chi connectivity index (χ0v) is 7.44. The van der Waals surface area contributed by atoms with Crippen molar-refractivity contribution in [1.82, 2.24) is 0 Å². The van der Waals surface area contributed by atoms with Crippen LogP contribution in [0.3, 0.4) is 0 Å². The third kappa shape index (κ3) is 2.63. The number of benzene rings is 1. The summed E-state index contributed by atoms with van der Waals surface area (Å²) in [6.07, 6.45) is -4.40. The Balaban J connectivity index is 2.96. The molecule has 0 amide bonds. The molecule has 0 unspecified atom stereocenters. The van der Waals surface area contributed by atoms with Gasteiger partial charge >= 0.3 is 6.18 Å². The lowest BCUT2D eigenvalue weighted by molar-refractivity contribution is -0.149. The summed E-state index contributed by atoms with van der Waals surface area (Å²) in [6, 6.07) is 3.79. The first-order valence-electron chi connectivity index (χ1n) is 3.52. The first-order valence-corrected chi connectivity index (χ1v) is 3.97. The Morgan fingerprint density at radius 3 is 2.38 bits per heavy atom. The Hall–Kier alpha value is -0.680. The van der Waals surface area contributed by atoms with Gasteiger partial charge in [0.25, 0.3) is 0 Å². The highest BCUT2D eigenvalue weighted by Gasteiger charge is 2.37. The van der Waals surface area contributed by atoms with Crippen LogP contribution in [-0.2, 0) is 0 Å². The van der Waals surface area contributed by atoms with Gasteiger partial charge in [0.05, 0.1) is 0 Å². The van der Waals surface area contributed by atoms with E-state index >= 15 is 0 Å². The zero-order valence-electron chi connectivity index (χ0n) is 6.55. The Labute approximate surface area is 79.2 Å². The maximum atomic E-state index is 12.1. The summed E-state index contributed by atoms with van der Waals surface area (Å²) in [6.45, 7) is 0. The number of hydrogen-bond donors (Lipinski definition) is 2. The number of halogens is 3. The van der Waals surface area contributed by atoms with Crippen LogP contribution in [0.2, 0.25) is 0 Å². The van der Waals surface area contributed by atoms with Crippen molar-refractivity contribution in [3.05, 3.63) is 29.8 Å². The van der Waals surface area contributed by atoms with Gasteiger partial charge in [-0.05, 0) is 17.7 Å². The van der Waals surface area contributed by atoms with Crippen molar-refractivity contribution >= 4 is 12.6 Å². The van der Waals surface area contributed by atoms with Gasteiger partial charge in [0.1, 0.15) is 6.04 Å². The SMILES string of the molecule is N[C@@H](c1cccc(S)c1)C(F)(F)F. The quantitative estimate of drug-likeness (QED) is 0.680. The Kier molecular flexibility index (Phi) is 2.87. The standard InChI is InChI=1S/C8H8F3NS/c9-8(10,11)7(12)5-2-1-3-6(13)4-5/h1-4,7,13H,12H2/t7-/m0/s1. The van der Waals surface area contributed by atoms with Crippen LogP contribution in [0.5, 0.6) is 0 Å². The molecule has 0 aliphatic rings. The van der Waals surface area contributed by atoms with E-state index in [2.05, 4.69) is 12.6 Å². The Morgan fingerprint density at radius 1 is 1.31 bits per heavy atom. The lowest BCUT2D eigenvalue weighted by Crippen LogP contribution is -2.28. The molecule has 1 nitrogen and oxygen atoms in total. The van der Waals surface area contributed by atoms with E-state index in [0.717, 1.165) is 0 Å². The van der Waals surface area contributed by atoms with Crippen LogP contribution < -0.4 is 5.73 Å². The topological polar surface area (TPSA) is 26.0 Å². The Bertz CT molecular complexity index is 298. The molecule has 0 radical (unpaired) electrons. The molecule has 0 saturated carbocycles. The second-order valence-corrected chi connectivity index (χ2v) is 3.13. The van der Waals surface area contributed by atoms with Crippen molar-refractivity contribution in [1.29, 1.82) is 0 Å². The van der Waals surface area contributed by atoms with Gasteiger partial charge in [-0.15, -0.1) is 12.6 Å². The maximum Gasteiger partial charge on any atom is 0.407 e. The molecule has 1 aromatic carbocycles. The molecule has 5 heteroatoms. The second kappa shape index (κ2) is 3.59. The summed E-state index contributed by atoms with van der Waals surface area (Å²) >= 11 is 3.92. The molecule has 2 N–H and O–H groups in total. The largest absolute Gasteiger partial charge is 0.407 e.